The minimum atomic E-state index is -0.691. The Balaban J connectivity index is 1.21. The molecule has 2 aliphatic carbocycles. The van der Waals surface area contributed by atoms with E-state index in [-0.39, 0.29) is 6.04 Å². The van der Waals surface area contributed by atoms with Crippen molar-refractivity contribution in [3.8, 4) is 5.75 Å². The highest BCUT2D eigenvalue weighted by atomic mass is 16.5. The molecule has 3 aliphatic rings. The number of aromatic nitrogens is 2. The monoisotopic (exact) mass is 475 g/mol. The first-order valence-electron chi connectivity index (χ1n) is 12.4. The minimum absolute atomic E-state index is 0.0246. The molecular weight excluding hydrogens is 442 g/mol. The van der Waals surface area contributed by atoms with Crippen molar-refractivity contribution in [2.24, 2.45) is 0 Å². The molecule has 5 rings (SSSR count). The van der Waals surface area contributed by atoms with Gasteiger partial charge in [0.05, 0.1) is 30.0 Å². The lowest BCUT2D eigenvalue weighted by molar-refractivity contribution is -0.0116. The van der Waals surface area contributed by atoms with Gasteiger partial charge in [0.25, 0.3) is 0 Å². The predicted molar refractivity (Wildman–Crippen MR) is 134 cm³/mol. The summed E-state index contributed by atoms with van der Waals surface area (Å²) in [5.74, 6) is 1.57. The molecule has 2 N–H and O–H groups in total. The average Bonchev–Trinajstić information content (AvgIpc) is 2.92. The van der Waals surface area contributed by atoms with Crippen molar-refractivity contribution in [1.29, 1.82) is 0 Å². The Morgan fingerprint density at radius 1 is 1.23 bits per heavy atom. The fourth-order valence-corrected chi connectivity index (χ4v) is 5.22. The normalized spacial score (nSPS) is 24.8. The fourth-order valence-electron chi connectivity index (χ4n) is 5.22. The van der Waals surface area contributed by atoms with E-state index in [0.29, 0.717) is 18.9 Å². The van der Waals surface area contributed by atoms with Crippen LogP contribution in [0.3, 0.4) is 0 Å². The Kier molecular flexibility index (Phi) is 7.16. The standard InChI is InChI=1S/C28H33N3O4/c1-33-22-7-8-24-23(17-22)25(30-19-29-24)11-14-28(32)12-9-21(10-13-28)31-27(20-5-3-2-4-6-20)26-18-34-15-16-35-26/h2-3,5,7-8,15-19,21,27,31-32H,4,6,9-14H2,1H3. The molecule has 7 heteroatoms. The Labute approximate surface area is 206 Å². The van der Waals surface area contributed by atoms with Gasteiger partial charge < -0.3 is 24.6 Å². The van der Waals surface area contributed by atoms with Gasteiger partial charge >= 0.3 is 0 Å². The number of nitrogens with zero attached hydrogens (tertiary/aromatic N) is 2. The van der Waals surface area contributed by atoms with Crippen LogP contribution in [-0.2, 0) is 15.9 Å². The summed E-state index contributed by atoms with van der Waals surface area (Å²) in [6.07, 6.45) is 19.6. The van der Waals surface area contributed by atoms with Gasteiger partial charge in [-0.25, -0.2) is 9.97 Å². The summed E-state index contributed by atoms with van der Waals surface area (Å²) in [7, 11) is 1.66. The molecule has 1 saturated carbocycles. The summed E-state index contributed by atoms with van der Waals surface area (Å²) in [4.78, 5) is 8.89. The van der Waals surface area contributed by atoms with E-state index in [9.17, 15) is 5.11 Å². The maximum atomic E-state index is 11.4. The SMILES string of the molecule is COc1ccc2ncnc(CCC3(O)CCC(NC(C4=CC=CCC4)C4=COC=CO4)CC3)c2c1. The number of hydrogen-bond donors (Lipinski definition) is 2. The first kappa shape index (κ1) is 23.6. The summed E-state index contributed by atoms with van der Waals surface area (Å²) in [6.45, 7) is 0. The maximum absolute atomic E-state index is 11.4. The van der Waals surface area contributed by atoms with Gasteiger partial charge in [-0.1, -0.05) is 18.2 Å². The van der Waals surface area contributed by atoms with Gasteiger partial charge in [-0.2, -0.15) is 0 Å². The van der Waals surface area contributed by atoms with Gasteiger partial charge in [-0.15, -0.1) is 0 Å². The molecule has 35 heavy (non-hydrogen) atoms. The van der Waals surface area contributed by atoms with Crippen LogP contribution < -0.4 is 10.1 Å². The van der Waals surface area contributed by atoms with E-state index in [0.717, 1.165) is 66.6 Å². The van der Waals surface area contributed by atoms with E-state index < -0.39 is 5.60 Å². The summed E-state index contributed by atoms with van der Waals surface area (Å²) in [6, 6.07) is 6.11. The molecule has 0 bridgehead atoms. The summed E-state index contributed by atoms with van der Waals surface area (Å²) < 4.78 is 16.5. The van der Waals surface area contributed by atoms with Crippen LogP contribution in [0.1, 0.15) is 50.6 Å². The first-order valence-corrected chi connectivity index (χ1v) is 12.4. The lowest BCUT2D eigenvalue weighted by atomic mass is 9.78. The van der Waals surface area contributed by atoms with Crippen LogP contribution in [0.4, 0.5) is 0 Å². The number of methoxy groups -OCH3 is 1. The number of ether oxygens (including phenoxy) is 3. The van der Waals surface area contributed by atoms with Crippen molar-refractivity contribution in [3.05, 3.63) is 78.6 Å². The Morgan fingerprint density at radius 3 is 2.86 bits per heavy atom. The van der Waals surface area contributed by atoms with E-state index >= 15 is 0 Å². The summed E-state index contributed by atoms with van der Waals surface area (Å²) >= 11 is 0. The van der Waals surface area contributed by atoms with Crippen molar-refractivity contribution in [3.63, 3.8) is 0 Å². The van der Waals surface area contributed by atoms with Gasteiger partial charge in [0.15, 0.2) is 5.76 Å². The van der Waals surface area contributed by atoms with Gasteiger partial charge in [0.2, 0.25) is 0 Å². The van der Waals surface area contributed by atoms with Crippen molar-refractivity contribution in [2.45, 2.75) is 69.1 Å². The van der Waals surface area contributed by atoms with E-state index in [1.807, 2.05) is 18.2 Å². The third-order valence-corrected chi connectivity index (χ3v) is 7.29. The molecule has 1 unspecified atom stereocenters. The number of aliphatic hydroxyl groups is 1. The van der Waals surface area contributed by atoms with Crippen LogP contribution in [0.2, 0.25) is 0 Å². The third-order valence-electron chi connectivity index (χ3n) is 7.29. The Morgan fingerprint density at radius 2 is 2.11 bits per heavy atom. The molecule has 7 nitrogen and oxygen atoms in total. The van der Waals surface area contributed by atoms with Crippen LogP contribution in [0.5, 0.6) is 5.75 Å². The molecule has 0 amide bonds. The van der Waals surface area contributed by atoms with Crippen molar-refractivity contribution >= 4 is 10.9 Å². The van der Waals surface area contributed by atoms with E-state index in [2.05, 4.69) is 33.5 Å². The predicted octanol–water partition coefficient (Wildman–Crippen LogP) is 4.84. The fraction of sp³-hybridized carbons (Fsp3) is 0.429. The minimum Gasteiger partial charge on any atom is -0.497 e. The zero-order chi connectivity index (χ0) is 24.1. The van der Waals surface area contributed by atoms with Crippen LogP contribution in [0.15, 0.2) is 72.9 Å². The highest BCUT2D eigenvalue weighted by molar-refractivity contribution is 5.82. The van der Waals surface area contributed by atoms with Crippen molar-refractivity contribution in [1.82, 2.24) is 15.3 Å². The molecule has 2 heterocycles. The number of aryl methyl sites for hydroxylation is 1. The molecule has 0 spiro atoms. The molecule has 1 aliphatic heterocycles. The van der Waals surface area contributed by atoms with Gasteiger partial charge in [-0.3, -0.25) is 0 Å². The van der Waals surface area contributed by atoms with Crippen molar-refractivity contribution in [2.75, 3.05) is 7.11 Å². The summed E-state index contributed by atoms with van der Waals surface area (Å²) in [5.41, 5.74) is 2.45. The Bertz CT molecular complexity index is 1160. The smallest absolute Gasteiger partial charge is 0.159 e. The molecule has 2 aromatic rings. The maximum Gasteiger partial charge on any atom is 0.159 e. The van der Waals surface area contributed by atoms with E-state index in [4.69, 9.17) is 14.2 Å². The quantitative estimate of drug-likeness (QED) is 0.565. The number of benzene rings is 1. The van der Waals surface area contributed by atoms with Crippen molar-refractivity contribution < 1.29 is 19.3 Å². The second-order valence-corrected chi connectivity index (χ2v) is 9.56. The largest absolute Gasteiger partial charge is 0.497 e. The van der Waals surface area contributed by atoms with Gasteiger partial charge in [0.1, 0.15) is 30.9 Å². The number of allylic oxidation sites excluding steroid dienone is 3. The average molecular weight is 476 g/mol. The number of hydrogen-bond acceptors (Lipinski definition) is 7. The highest BCUT2D eigenvalue weighted by Gasteiger charge is 2.35. The molecule has 0 saturated heterocycles. The second-order valence-electron chi connectivity index (χ2n) is 9.56. The van der Waals surface area contributed by atoms with Gasteiger partial charge in [-0.05, 0) is 75.1 Å². The van der Waals surface area contributed by atoms with E-state index in [1.165, 1.54) is 11.8 Å². The number of rotatable bonds is 8. The Hall–Kier alpha value is -3.16. The van der Waals surface area contributed by atoms with Crippen LogP contribution in [0.25, 0.3) is 10.9 Å². The zero-order valence-electron chi connectivity index (χ0n) is 20.2. The molecule has 1 aromatic carbocycles. The number of fused-ring (bicyclic) bond motifs is 1. The third kappa shape index (κ3) is 5.57. The molecule has 1 aromatic heterocycles. The summed E-state index contributed by atoms with van der Waals surface area (Å²) in [5, 5.41) is 16.1. The topological polar surface area (TPSA) is 85.7 Å². The lowest BCUT2D eigenvalue weighted by Crippen LogP contribution is -2.46. The van der Waals surface area contributed by atoms with Gasteiger partial charge in [0, 0.05) is 11.4 Å². The molecular formula is C28H33N3O4. The van der Waals surface area contributed by atoms with Crippen LogP contribution in [-0.4, -0.2) is 39.9 Å². The lowest BCUT2D eigenvalue weighted by Gasteiger charge is -2.38. The first-order chi connectivity index (χ1) is 17.1. The van der Waals surface area contributed by atoms with Crippen LogP contribution >= 0.6 is 0 Å². The molecule has 184 valence electrons. The van der Waals surface area contributed by atoms with Crippen LogP contribution in [0, 0.1) is 0 Å². The molecule has 1 atom stereocenters. The van der Waals surface area contributed by atoms with E-state index in [1.54, 1.807) is 26.0 Å². The molecule has 1 fully saturated rings. The molecule has 0 radical (unpaired) electrons. The number of nitrogens with one attached hydrogen (secondary N) is 1. The second kappa shape index (κ2) is 10.6. The highest BCUT2D eigenvalue weighted by Crippen LogP contribution is 2.34. The zero-order valence-corrected chi connectivity index (χ0v) is 20.2.